The van der Waals surface area contributed by atoms with Crippen molar-refractivity contribution in [3.63, 3.8) is 0 Å². The molecule has 1 aliphatic rings. The van der Waals surface area contributed by atoms with Crippen LogP contribution in [0, 0.1) is 6.92 Å². The second-order valence-electron chi connectivity index (χ2n) is 8.96. The van der Waals surface area contributed by atoms with Gasteiger partial charge in [-0.2, -0.15) is 5.06 Å². The van der Waals surface area contributed by atoms with Gasteiger partial charge in [0.2, 0.25) is 0 Å². The molecular formula is C28H23F3N2O4. The number of aromatic nitrogens is 1. The summed E-state index contributed by atoms with van der Waals surface area (Å²) in [7, 11) is 0. The number of hydroxylamine groups is 1. The van der Waals surface area contributed by atoms with Crippen molar-refractivity contribution in [3.8, 4) is 11.5 Å². The predicted molar refractivity (Wildman–Crippen MR) is 132 cm³/mol. The average molecular weight is 508 g/mol. The number of nitrogens with zero attached hydrogens (tertiary/aromatic N) is 2. The summed E-state index contributed by atoms with van der Waals surface area (Å²) in [5.74, 6) is 0.0150. The first-order valence-corrected chi connectivity index (χ1v) is 11.7. The highest BCUT2D eigenvalue weighted by Crippen LogP contribution is 2.47. The van der Waals surface area contributed by atoms with Crippen LogP contribution in [-0.2, 0) is 6.54 Å². The Balaban J connectivity index is 1.54. The van der Waals surface area contributed by atoms with E-state index in [1.807, 2.05) is 24.3 Å². The molecule has 0 spiro atoms. The second-order valence-corrected chi connectivity index (χ2v) is 8.96. The summed E-state index contributed by atoms with van der Waals surface area (Å²) < 4.78 is 41.8. The smallest absolute Gasteiger partial charge is 0.478 e. The number of aryl methyl sites for hydroxylation is 1. The predicted octanol–water partition coefficient (Wildman–Crippen LogP) is 7.02. The highest BCUT2D eigenvalue weighted by molar-refractivity contribution is 5.89. The molecule has 1 heterocycles. The van der Waals surface area contributed by atoms with E-state index < -0.39 is 12.3 Å². The number of anilines is 1. The fourth-order valence-electron chi connectivity index (χ4n) is 4.27. The minimum atomic E-state index is -4.77. The van der Waals surface area contributed by atoms with E-state index in [0.29, 0.717) is 28.6 Å². The molecule has 1 fully saturated rings. The van der Waals surface area contributed by atoms with E-state index in [1.54, 1.807) is 24.3 Å². The Morgan fingerprint density at radius 3 is 2.46 bits per heavy atom. The lowest BCUT2D eigenvalue weighted by molar-refractivity contribution is -0.274. The van der Waals surface area contributed by atoms with Gasteiger partial charge in [-0.05, 0) is 72.5 Å². The molecule has 37 heavy (non-hydrogen) atoms. The van der Waals surface area contributed by atoms with E-state index in [1.165, 1.54) is 36.4 Å². The molecule has 0 amide bonds. The van der Waals surface area contributed by atoms with Gasteiger partial charge < -0.3 is 14.7 Å². The molecule has 5 rings (SSSR count). The highest BCUT2D eigenvalue weighted by Gasteiger charge is 2.32. The summed E-state index contributed by atoms with van der Waals surface area (Å²) in [5.41, 5.74) is 2.48. The Morgan fingerprint density at radius 2 is 1.81 bits per heavy atom. The van der Waals surface area contributed by atoms with Gasteiger partial charge in [0, 0.05) is 17.1 Å². The molecule has 0 bridgehead atoms. The summed E-state index contributed by atoms with van der Waals surface area (Å²) >= 11 is 0. The number of hydrogen-bond donors (Lipinski definition) is 1. The van der Waals surface area contributed by atoms with E-state index in [2.05, 4.69) is 4.74 Å². The Kier molecular flexibility index (Phi) is 6.37. The van der Waals surface area contributed by atoms with Crippen LogP contribution in [0.15, 0.2) is 72.9 Å². The molecule has 1 N–H and O–H groups in total. The van der Waals surface area contributed by atoms with Crippen LogP contribution >= 0.6 is 0 Å². The molecule has 1 saturated carbocycles. The van der Waals surface area contributed by atoms with E-state index in [4.69, 9.17) is 9.82 Å². The van der Waals surface area contributed by atoms with Gasteiger partial charge in [0.25, 0.3) is 0 Å². The largest absolute Gasteiger partial charge is 0.573 e. The first kappa shape index (κ1) is 24.4. The third-order valence-corrected chi connectivity index (χ3v) is 6.15. The molecule has 0 unspecified atom stereocenters. The SMILES string of the molecule is Cc1cc(C(=O)O)ccc1ON(Cc1ccc(OC(F)(F)F)cc1)c1ncc2ccccc2c1C1CC1. The zero-order valence-electron chi connectivity index (χ0n) is 19.8. The van der Waals surface area contributed by atoms with Gasteiger partial charge in [-0.3, -0.25) is 0 Å². The molecule has 0 aliphatic heterocycles. The van der Waals surface area contributed by atoms with Crippen molar-refractivity contribution in [2.75, 3.05) is 5.06 Å². The van der Waals surface area contributed by atoms with Gasteiger partial charge in [0.05, 0.1) is 12.1 Å². The average Bonchev–Trinajstić information content (AvgIpc) is 3.69. The number of hydrogen-bond acceptors (Lipinski definition) is 5. The van der Waals surface area contributed by atoms with Crippen LogP contribution in [0.1, 0.15) is 45.8 Å². The maximum Gasteiger partial charge on any atom is 0.573 e. The van der Waals surface area contributed by atoms with Crippen molar-refractivity contribution in [3.05, 3.63) is 95.2 Å². The molecule has 1 aliphatic carbocycles. The molecule has 190 valence electrons. The Hall–Kier alpha value is -4.27. The van der Waals surface area contributed by atoms with Crippen molar-refractivity contribution in [2.45, 2.75) is 38.6 Å². The zero-order chi connectivity index (χ0) is 26.2. The summed E-state index contributed by atoms with van der Waals surface area (Å²) in [5, 5.41) is 13.0. The zero-order valence-corrected chi connectivity index (χ0v) is 19.8. The number of benzene rings is 3. The summed E-state index contributed by atoms with van der Waals surface area (Å²) in [4.78, 5) is 22.4. The molecular weight excluding hydrogens is 485 g/mol. The fraction of sp³-hybridized carbons (Fsp3) is 0.214. The maximum absolute atomic E-state index is 12.6. The number of pyridine rings is 1. The third-order valence-electron chi connectivity index (χ3n) is 6.15. The van der Waals surface area contributed by atoms with E-state index in [9.17, 15) is 23.1 Å². The quantitative estimate of drug-likeness (QED) is 0.258. The fourth-order valence-corrected chi connectivity index (χ4v) is 4.27. The van der Waals surface area contributed by atoms with Crippen molar-refractivity contribution >= 4 is 22.6 Å². The minimum absolute atomic E-state index is 0.138. The van der Waals surface area contributed by atoms with Crippen molar-refractivity contribution < 1.29 is 32.6 Å². The molecule has 0 atom stereocenters. The monoisotopic (exact) mass is 508 g/mol. The Bertz CT molecular complexity index is 1450. The van der Waals surface area contributed by atoms with Crippen molar-refractivity contribution in [2.24, 2.45) is 0 Å². The molecule has 9 heteroatoms. The number of carboxylic acid groups (broad SMARTS) is 1. The van der Waals surface area contributed by atoms with E-state index in [0.717, 1.165) is 29.2 Å². The number of halogens is 3. The Labute approximate surface area is 210 Å². The number of fused-ring (bicyclic) bond motifs is 1. The van der Waals surface area contributed by atoms with Gasteiger partial charge in [-0.15, -0.1) is 13.2 Å². The normalized spacial score (nSPS) is 13.4. The van der Waals surface area contributed by atoms with Gasteiger partial charge >= 0.3 is 12.3 Å². The first-order valence-electron chi connectivity index (χ1n) is 11.7. The maximum atomic E-state index is 12.6. The number of alkyl halides is 3. The minimum Gasteiger partial charge on any atom is -0.478 e. The van der Waals surface area contributed by atoms with Gasteiger partial charge in [-0.1, -0.05) is 36.4 Å². The first-order chi connectivity index (χ1) is 17.7. The number of aromatic carboxylic acids is 1. The molecule has 0 radical (unpaired) electrons. The number of carboxylic acids is 1. The lowest BCUT2D eigenvalue weighted by Gasteiger charge is -2.27. The van der Waals surface area contributed by atoms with Crippen LogP contribution in [0.25, 0.3) is 10.8 Å². The van der Waals surface area contributed by atoms with Crippen LogP contribution in [0.2, 0.25) is 0 Å². The molecule has 1 aromatic heterocycles. The number of rotatable bonds is 8. The van der Waals surface area contributed by atoms with Crippen LogP contribution in [0.3, 0.4) is 0 Å². The molecule has 4 aromatic rings. The lowest BCUT2D eigenvalue weighted by Crippen LogP contribution is -2.29. The van der Waals surface area contributed by atoms with Crippen molar-refractivity contribution in [1.82, 2.24) is 4.98 Å². The topological polar surface area (TPSA) is 71.9 Å². The third kappa shape index (κ3) is 5.61. The summed E-state index contributed by atoms with van der Waals surface area (Å²) in [6.07, 6.45) is -0.962. The molecule has 6 nitrogen and oxygen atoms in total. The molecule has 0 saturated heterocycles. The summed E-state index contributed by atoms with van der Waals surface area (Å²) in [6.45, 7) is 1.93. The lowest BCUT2D eigenvalue weighted by atomic mass is 10.0. The highest BCUT2D eigenvalue weighted by atomic mass is 19.4. The van der Waals surface area contributed by atoms with Crippen LogP contribution in [0.5, 0.6) is 11.5 Å². The Morgan fingerprint density at radius 1 is 1.08 bits per heavy atom. The number of ether oxygens (including phenoxy) is 1. The van der Waals surface area contributed by atoms with Gasteiger partial charge in [-0.25, -0.2) is 9.78 Å². The van der Waals surface area contributed by atoms with Crippen molar-refractivity contribution in [1.29, 1.82) is 0 Å². The van der Waals surface area contributed by atoms with E-state index >= 15 is 0 Å². The summed E-state index contributed by atoms with van der Waals surface area (Å²) in [6, 6.07) is 18.1. The van der Waals surface area contributed by atoms with Crippen LogP contribution < -0.4 is 14.6 Å². The number of carbonyl (C=O) groups is 1. The standard InChI is InChI=1S/C28H23F3N2O4/c1-17-14-20(27(34)35)10-13-24(17)37-33(16-18-6-11-22(12-7-18)36-28(29,30)31)26-25(19-8-9-19)23-5-3-2-4-21(23)15-32-26/h2-7,10-15,19H,8-9,16H2,1H3,(H,34,35). The molecule has 3 aromatic carbocycles. The van der Waals surface area contributed by atoms with E-state index in [-0.39, 0.29) is 17.9 Å². The second kappa shape index (κ2) is 9.65. The van der Waals surface area contributed by atoms with Gasteiger partial charge in [0.15, 0.2) is 11.6 Å². The van der Waals surface area contributed by atoms with Crippen LogP contribution in [-0.4, -0.2) is 22.4 Å². The van der Waals surface area contributed by atoms with Crippen LogP contribution in [0.4, 0.5) is 19.0 Å². The van der Waals surface area contributed by atoms with Gasteiger partial charge in [0.1, 0.15) is 5.75 Å².